The molecule has 24 heavy (non-hydrogen) atoms. The summed E-state index contributed by atoms with van der Waals surface area (Å²) in [5.41, 5.74) is 11.4. The van der Waals surface area contributed by atoms with Crippen LogP contribution in [0.2, 0.25) is 0 Å². The van der Waals surface area contributed by atoms with Crippen LogP contribution in [-0.2, 0) is 11.3 Å². The molecule has 128 valence electrons. The van der Waals surface area contributed by atoms with E-state index in [0.29, 0.717) is 30.5 Å². The van der Waals surface area contributed by atoms with E-state index in [2.05, 4.69) is 10.6 Å². The topological polar surface area (TPSA) is 147 Å². The number of hydrogen-bond acceptors (Lipinski definition) is 5. The van der Waals surface area contributed by atoms with Crippen LogP contribution < -0.4 is 27.7 Å². The van der Waals surface area contributed by atoms with Crippen molar-refractivity contribution in [3.05, 3.63) is 46.3 Å². The van der Waals surface area contributed by atoms with Gasteiger partial charge in [0.15, 0.2) is 5.96 Å². The molecule has 0 saturated carbocycles. The highest BCUT2D eigenvalue weighted by atomic mass is 16.4. The molecule has 0 fully saturated rings. The summed E-state index contributed by atoms with van der Waals surface area (Å²) in [5, 5.41) is 13.1. The van der Waals surface area contributed by atoms with Crippen molar-refractivity contribution in [2.24, 2.45) is 11.5 Å². The Morgan fingerprint density at radius 2 is 2.04 bits per heavy atom. The number of carbonyl (C=O) groups is 1. The maximum Gasteiger partial charge on any atom is 0.341 e. The lowest BCUT2D eigenvalue weighted by atomic mass is 10.1. The van der Waals surface area contributed by atoms with Crippen molar-refractivity contribution in [2.45, 2.75) is 25.4 Å². The molecule has 0 radical (unpaired) electrons. The summed E-state index contributed by atoms with van der Waals surface area (Å²) in [6.45, 7) is 0.538. The minimum Gasteiger partial charge on any atom is -0.422 e. The van der Waals surface area contributed by atoms with Gasteiger partial charge in [0.2, 0.25) is 5.91 Å². The van der Waals surface area contributed by atoms with Gasteiger partial charge in [0.1, 0.15) is 5.58 Å². The highest BCUT2D eigenvalue weighted by Gasteiger charge is 2.14. The summed E-state index contributed by atoms with van der Waals surface area (Å²) in [6.07, 6.45) is 1.05. The summed E-state index contributed by atoms with van der Waals surface area (Å²) in [4.78, 5) is 23.9. The summed E-state index contributed by atoms with van der Waals surface area (Å²) < 4.78 is 5.21. The molecule has 1 unspecified atom stereocenters. The molecule has 2 rings (SSSR count). The minimum atomic E-state index is -0.689. The number of para-hydroxylation sites is 1. The number of amides is 1. The van der Waals surface area contributed by atoms with E-state index in [0.717, 1.165) is 5.39 Å². The maximum absolute atomic E-state index is 12.0. The standard InChI is InChI=1S/C16H21N5O3/c17-12(5-3-7-20-16(18)19)14(22)21-9-11-8-10-4-1-2-6-13(10)24-15(11)23/h1-2,4,6,8,12H,3,5,7,9,17H2,(H,21,22)(H4,18,19,20). The third kappa shape index (κ3) is 4.82. The van der Waals surface area contributed by atoms with E-state index in [1.54, 1.807) is 18.2 Å². The first-order chi connectivity index (χ1) is 11.5. The Kier molecular flexibility index (Phi) is 5.91. The Balaban J connectivity index is 1.88. The molecule has 1 amide bonds. The second-order valence-electron chi connectivity index (χ2n) is 5.40. The molecule has 2 aromatic rings. The van der Waals surface area contributed by atoms with E-state index in [-0.39, 0.29) is 18.4 Å². The zero-order valence-electron chi connectivity index (χ0n) is 13.2. The van der Waals surface area contributed by atoms with Gasteiger partial charge < -0.3 is 26.5 Å². The lowest BCUT2D eigenvalue weighted by molar-refractivity contribution is -0.122. The lowest BCUT2D eigenvalue weighted by Gasteiger charge is -2.12. The van der Waals surface area contributed by atoms with E-state index in [9.17, 15) is 9.59 Å². The third-order valence-electron chi connectivity index (χ3n) is 3.51. The van der Waals surface area contributed by atoms with Crippen molar-refractivity contribution in [1.82, 2.24) is 10.6 Å². The largest absolute Gasteiger partial charge is 0.422 e. The van der Waals surface area contributed by atoms with Crippen molar-refractivity contribution in [3.63, 3.8) is 0 Å². The zero-order chi connectivity index (χ0) is 17.5. The molecule has 1 heterocycles. The second kappa shape index (κ2) is 8.11. The smallest absolute Gasteiger partial charge is 0.341 e. The van der Waals surface area contributed by atoms with Gasteiger partial charge in [-0.3, -0.25) is 10.2 Å². The molecule has 7 N–H and O–H groups in total. The van der Waals surface area contributed by atoms with Crippen LogP contribution in [0.25, 0.3) is 11.0 Å². The number of guanidine groups is 1. The highest BCUT2D eigenvalue weighted by Crippen LogP contribution is 2.12. The third-order valence-corrected chi connectivity index (χ3v) is 3.51. The first-order valence-corrected chi connectivity index (χ1v) is 7.60. The van der Waals surface area contributed by atoms with Gasteiger partial charge in [-0.1, -0.05) is 18.2 Å². The van der Waals surface area contributed by atoms with Crippen LogP contribution in [0.1, 0.15) is 18.4 Å². The molecule has 0 aliphatic carbocycles. The zero-order valence-corrected chi connectivity index (χ0v) is 13.2. The van der Waals surface area contributed by atoms with E-state index in [1.807, 2.05) is 12.1 Å². The van der Waals surface area contributed by atoms with Crippen molar-refractivity contribution in [2.75, 3.05) is 6.54 Å². The fourth-order valence-electron chi connectivity index (χ4n) is 2.22. The highest BCUT2D eigenvalue weighted by molar-refractivity contribution is 5.81. The summed E-state index contributed by atoms with van der Waals surface area (Å²) in [5.74, 6) is -0.457. The van der Waals surface area contributed by atoms with Gasteiger partial charge in [0.25, 0.3) is 0 Å². The molecule has 1 aromatic heterocycles. The first kappa shape index (κ1) is 17.5. The maximum atomic E-state index is 12.0. The van der Waals surface area contributed by atoms with Crippen LogP contribution in [0, 0.1) is 5.41 Å². The SMILES string of the molecule is N=C(N)NCCCC(N)C(=O)NCc1cc2ccccc2oc1=O. The van der Waals surface area contributed by atoms with Gasteiger partial charge in [0.05, 0.1) is 18.2 Å². The summed E-state index contributed by atoms with van der Waals surface area (Å²) in [6, 6.07) is 8.18. The Hall–Kier alpha value is -2.87. The molecule has 8 nitrogen and oxygen atoms in total. The number of fused-ring (bicyclic) bond motifs is 1. The van der Waals surface area contributed by atoms with Gasteiger partial charge in [-0.2, -0.15) is 0 Å². The van der Waals surface area contributed by atoms with E-state index < -0.39 is 11.7 Å². The predicted molar refractivity (Wildman–Crippen MR) is 91.5 cm³/mol. The fourth-order valence-corrected chi connectivity index (χ4v) is 2.22. The number of nitrogens with two attached hydrogens (primary N) is 2. The number of carbonyl (C=O) groups excluding carboxylic acids is 1. The van der Waals surface area contributed by atoms with Crippen LogP contribution in [0.5, 0.6) is 0 Å². The van der Waals surface area contributed by atoms with Crippen LogP contribution >= 0.6 is 0 Å². The Bertz CT molecular complexity index is 787. The number of benzene rings is 1. The summed E-state index contributed by atoms with van der Waals surface area (Å²) >= 11 is 0. The molecular formula is C16H21N5O3. The fraction of sp³-hybridized carbons (Fsp3) is 0.312. The molecular weight excluding hydrogens is 310 g/mol. The van der Waals surface area contributed by atoms with E-state index >= 15 is 0 Å². The average Bonchev–Trinajstić information content (AvgIpc) is 2.56. The van der Waals surface area contributed by atoms with Crippen molar-refractivity contribution in [3.8, 4) is 0 Å². The minimum absolute atomic E-state index is 0.0609. The number of hydrogen-bond donors (Lipinski definition) is 5. The quantitative estimate of drug-likeness (QED) is 0.209. The normalized spacial score (nSPS) is 11.9. The van der Waals surface area contributed by atoms with Crippen LogP contribution in [0.4, 0.5) is 0 Å². The molecule has 1 atom stereocenters. The second-order valence-corrected chi connectivity index (χ2v) is 5.40. The van der Waals surface area contributed by atoms with Crippen molar-refractivity contribution in [1.29, 1.82) is 5.41 Å². The van der Waals surface area contributed by atoms with Crippen molar-refractivity contribution < 1.29 is 9.21 Å². The Morgan fingerprint density at radius 1 is 1.29 bits per heavy atom. The molecule has 1 aromatic carbocycles. The molecule has 0 aliphatic rings. The predicted octanol–water partition coefficient (Wildman–Crippen LogP) is -0.000230. The van der Waals surface area contributed by atoms with E-state index in [1.165, 1.54) is 0 Å². The van der Waals surface area contributed by atoms with Crippen LogP contribution in [0.15, 0.2) is 39.5 Å². The van der Waals surface area contributed by atoms with Gasteiger partial charge in [-0.05, 0) is 25.0 Å². The monoisotopic (exact) mass is 331 g/mol. The van der Waals surface area contributed by atoms with Crippen molar-refractivity contribution >= 4 is 22.8 Å². The molecule has 0 aliphatic heterocycles. The molecule has 0 bridgehead atoms. The van der Waals surface area contributed by atoms with Gasteiger partial charge in [-0.15, -0.1) is 0 Å². The van der Waals surface area contributed by atoms with Gasteiger partial charge in [0, 0.05) is 11.9 Å². The Morgan fingerprint density at radius 3 is 2.79 bits per heavy atom. The van der Waals surface area contributed by atoms with E-state index in [4.69, 9.17) is 21.3 Å². The molecule has 0 spiro atoms. The lowest BCUT2D eigenvalue weighted by Crippen LogP contribution is -2.41. The number of nitrogens with one attached hydrogen (secondary N) is 3. The summed E-state index contributed by atoms with van der Waals surface area (Å²) in [7, 11) is 0. The van der Waals surface area contributed by atoms with Crippen LogP contribution in [0.3, 0.4) is 0 Å². The van der Waals surface area contributed by atoms with Gasteiger partial charge in [-0.25, -0.2) is 4.79 Å². The molecule has 0 saturated heterocycles. The average molecular weight is 331 g/mol. The Labute approximate surface area is 138 Å². The first-order valence-electron chi connectivity index (χ1n) is 7.60. The van der Waals surface area contributed by atoms with Crippen LogP contribution in [-0.4, -0.2) is 24.5 Å². The number of rotatable bonds is 7. The van der Waals surface area contributed by atoms with Gasteiger partial charge >= 0.3 is 5.63 Å². The molecule has 8 heteroatoms.